The zero-order valence-corrected chi connectivity index (χ0v) is 12.5. The van der Waals surface area contributed by atoms with Crippen LogP contribution in [0.2, 0.25) is 0 Å². The van der Waals surface area contributed by atoms with Crippen LogP contribution in [0, 0.1) is 0 Å². The van der Waals surface area contributed by atoms with Gasteiger partial charge in [-0.3, -0.25) is 0 Å². The molecule has 0 amide bonds. The molecule has 1 fully saturated rings. The summed E-state index contributed by atoms with van der Waals surface area (Å²) in [6.07, 6.45) is 5.91. The summed E-state index contributed by atoms with van der Waals surface area (Å²) in [5.74, 6) is 0.596. The predicted molar refractivity (Wildman–Crippen MR) is 76.5 cm³/mol. The number of halogens is 1. The molecule has 1 aliphatic carbocycles. The van der Waals surface area contributed by atoms with Crippen molar-refractivity contribution < 1.29 is 4.79 Å². The Hall–Kier alpha value is -0.920. The Morgan fingerprint density at radius 1 is 1.39 bits per heavy atom. The van der Waals surface area contributed by atoms with Crippen LogP contribution in [0.1, 0.15) is 56.6 Å². The minimum Gasteiger partial charge on any atom is -0.211 e. The molecule has 0 atom stereocenters. The van der Waals surface area contributed by atoms with Gasteiger partial charge in [-0.1, -0.05) is 41.9 Å². The van der Waals surface area contributed by atoms with Gasteiger partial charge in [0.2, 0.25) is 6.08 Å². The summed E-state index contributed by atoms with van der Waals surface area (Å²) in [5.41, 5.74) is 2.22. The molecule has 0 radical (unpaired) electrons. The van der Waals surface area contributed by atoms with Gasteiger partial charge in [0.25, 0.3) is 0 Å². The fourth-order valence-corrected chi connectivity index (χ4v) is 3.25. The molecule has 0 spiro atoms. The number of aliphatic imine (C=N–C) groups is 1. The maximum absolute atomic E-state index is 10.5. The molecule has 1 aliphatic rings. The molecule has 96 valence electrons. The maximum Gasteiger partial charge on any atom is 0.235 e. The van der Waals surface area contributed by atoms with Gasteiger partial charge < -0.3 is 0 Å². The van der Waals surface area contributed by atoms with E-state index in [0.29, 0.717) is 5.92 Å². The van der Waals surface area contributed by atoms with E-state index in [2.05, 4.69) is 53.0 Å². The van der Waals surface area contributed by atoms with E-state index in [-0.39, 0.29) is 5.54 Å². The van der Waals surface area contributed by atoms with Gasteiger partial charge in [-0.05, 0) is 48.8 Å². The molecule has 0 saturated heterocycles. The van der Waals surface area contributed by atoms with Crippen molar-refractivity contribution in [3.8, 4) is 0 Å². The van der Waals surface area contributed by atoms with Gasteiger partial charge in [-0.15, -0.1) is 0 Å². The number of nitrogens with zero attached hydrogens (tertiary/aromatic N) is 1. The van der Waals surface area contributed by atoms with Gasteiger partial charge in [0, 0.05) is 4.47 Å². The first kappa shape index (κ1) is 13.5. The molecule has 1 aromatic carbocycles. The Bertz CT molecular complexity index is 483. The average Bonchev–Trinajstić information content (AvgIpc) is 3.14. The predicted octanol–water partition coefficient (Wildman–Crippen LogP) is 4.68. The first-order valence-corrected chi connectivity index (χ1v) is 7.35. The number of benzene rings is 1. The van der Waals surface area contributed by atoms with Crippen LogP contribution >= 0.6 is 15.9 Å². The number of hydrogen-bond acceptors (Lipinski definition) is 2. The monoisotopic (exact) mass is 307 g/mol. The van der Waals surface area contributed by atoms with Crippen molar-refractivity contribution in [1.29, 1.82) is 0 Å². The van der Waals surface area contributed by atoms with Crippen molar-refractivity contribution in [3.05, 3.63) is 33.8 Å². The number of hydrogen-bond donors (Lipinski definition) is 0. The van der Waals surface area contributed by atoms with Gasteiger partial charge in [-0.25, -0.2) is 4.79 Å². The average molecular weight is 308 g/mol. The molecular formula is C15H18BrNO. The zero-order chi connectivity index (χ0) is 13.2. The van der Waals surface area contributed by atoms with E-state index >= 15 is 0 Å². The molecule has 1 aromatic rings. The standard InChI is InChI=1S/C15H18BrNO/c1-3-11(4-2)13-6-5-12(9-14(13)16)15(7-8-15)17-10-18/h5-6,9,11H,3-4,7-8H2,1-2H3. The van der Waals surface area contributed by atoms with Crippen LogP contribution in [0.3, 0.4) is 0 Å². The van der Waals surface area contributed by atoms with Gasteiger partial charge >= 0.3 is 0 Å². The van der Waals surface area contributed by atoms with E-state index in [4.69, 9.17) is 0 Å². The smallest absolute Gasteiger partial charge is 0.211 e. The third-order valence-corrected chi connectivity index (χ3v) is 4.63. The van der Waals surface area contributed by atoms with Crippen LogP contribution in [0.4, 0.5) is 0 Å². The second-order valence-corrected chi connectivity index (χ2v) is 5.84. The molecule has 0 N–H and O–H groups in total. The summed E-state index contributed by atoms with van der Waals surface area (Å²) < 4.78 is 1.14. The Balaban J connectivity index is 2.33. The quantitative estimate of drug-likeness (QED) is 0.574. The highest BCUT2D eigenvalue weighted by atomic mass is 79.9. The van der Waals surface area contributed by atoms with Crippen molar-refractivity contribution >= 4 is 22.0 Å². The second kappa shape index (κ2) is 5.38. The fourth-order valence-electron chi connectivity index (χ4n) is 2.55. The van der Waals surface area contributed by atoms with Gasteiger partial charge in [0.05, 0.1) is 5.54 Å². The third-order valence-electron chi connectivity index (χ3n) is 3.95. The topological polar surface area (TPSA) is 29.4 Å². The normalized spacial score (nSPS) is 16.4. The van der Waals surface area contributed by atoms with Crippen molar-refractivity contribution in [2.45, 2.75) is 51.0 Å². The van der Waals surface area contributed by atoms with E-state index in [9.17, 15) is 4.79 Å². The first-order valence-electron chi connectivity index (χ1n) is 6.55. The lowest BCUT2D eigenvalue weighted by Gasteiger charge is -2.17. The van der Waals surface area contributed by atoms with Crippen LogP contribution in [0.5, 0.6) is 0 Å². The molecule has 0 aromatic heterocycles. The van der Waals surface area contributed by atoms with Crippen molar-refractivity contribution in [1.82, 2.24) is 0 Å². The number of isocyanates is 1. The molecular weight excluding hydrogens is 290 g/mol. The van der Waals surface area contributed by atoms with E-state index < -0.39 is 0 Å². The molecule has 3 heteroatoms. The van der Waals surface area contributed by atoms with Crippen LogP contribution in [-0.2, 0) is 10.3 Å². The molecule has 0 heterocycles. The van der Waals surface area contributed by atoms with Crippen molar-refractivity contribution in [2.75, 3.05) is 0 Å². The van der Waals surface area contributed by atoms with E-state index in [1.54, 1.807) is 6.08 Å². The Morgan fingerprint density at radius 2 is 2.06 bits per heavy atom. The molecule has 0 aliphatic heterocycles. The molecule has 0 unspecified atom stereocenters. The van der Waals surface area contributed by atoms with E-state index in [1.165, 1.54) is 5.56 Å². The van der Waals surface area contributed by atoms with Crippen LogP contribution < -0.4 is 0 Å². The minimum atomic E-state index is -0.267. The fraction of sp³-hybridized carbons (Fsp3) is 0.533. The van der Waals surface area contributed by atoms with E-state index in [0.717, 1.165) is 35.7 Å². The Morgan fingerprint density at radius 3 is 2.50 bits per heavy atom. The van der Waals surface area contributed by atoms with Crippen LogP contribution in [-0.4, -0.2) is 6.08 Å². The highest BCUT2D eigenvalue weighted by Crippen LogP contribution is 2.50. The zero-order valence-electron chi connectivity index (χ0n) is 10.9. The highest BCUT2D eigenvalue weighted by Gasteiger charge is 2.45. The largest absolute Gasteiger partial charge is 0.235 e. The molecule has 1 saturated carbocycles. The maximum atomic E-state index is 10.5. The summed E-state index contributed by atoms with van der Waals surface area (Å²) >= 11 is 3.66. The van der Waals surface area contributed by atoms with Crippen LogP contribution in [0.15, 0.2) is 27.7 Å². The summed E-state index contributed by atoms with van der Waals surface area (Å²) in [5, 5.41) is 0. The van der Waals surface area contributed by atoms with Crippen LogP contribution in [0.25, 0.3) is 0 Å². The highest BCUT2D eigenvalue weighted by molar-refractivity contribution is 9.10. The summed E-state index contributed by atoms with van der Waals surface area (Å²) in [6.45, 7) is 4.43. The number of rotatable bonds is 5. The summed E-state index contributed by atoms with van der Waals surface area (Å²) in [7, 11) is 0. The molecule has 18 heavy (non-hydrogen) atoms. The van der Waals surface area contributed by atoms with Gasteiger partial charge in [0.1, 0.15) is 0 Å². The van der Waals surface area contributed by atoms with Gasteiger partial charge in [-0.2, -0.15) is 4.99 Å². The van der Waals surface area contributed by atoms with E-state index in [1.807, 2.05) is 0 Å². The van der Waals surface area contributed by atoms with Crippen molar-refractivity contribution in [2.24, 2.45) is 4.99 Å². The SMILES string of the molecule is CCC(CC)c1ccc(C2(N=C=O)CC2)cc1Br. The lowest BCUT2D eigenvalue weighted by atomic mass is 9.92. The first-order chi connectivity index (χ1) is 8.66. The summed E-state index contributed by atoms with van der Waals surface area (Å²) in [6, 6.07) is 6.42. The Labute approximate surface area is 117 Å². The minimum absolute atomic E-state index is 0.267. The molecule has 2 rings (SSSR count). The summed E-state index contributed by atoms with van der Waals surface area (Å²) in [4.78, 5) is 14.5. The van der Waals surface area contributed by atoms with Gasteiger partial charge in [0.15, 0.2) is 0 Å². The second-order valence-electron chi connectivity index (χ2n) is 4.98. The number of carbonyl (C=O) groups excluding carboxylic acids is 1. The molecule has 0 bridgehead atoms. The lowest BCUT2D eigenvalue weighted by Crippen LogP contribution is -2.04. The van der Waals surface area contributed by atoms with Crippen molar-refractivity contribution in [3.63, 3.8) is 0 Å². The Kier molecular flexibility index (Phi) is 4.04. The molecule has 2 nitrogen and oxygen atoms in total. The lowest BCUT2D eigenvalue weighted by molar-refractivity contribution is 0.556. The third kappa shape index (κ3) is 2.43.